The molecule has 0 aliphatic heterocycles. The second-order valence-electron chi connectivity index (χ2n) is 3.83. The first kappa shape index (κ1) is 16.3. The molecule has 0 fully saturated rings. The van der Waals surface area contributed by atoms with E-state index in [0.717, 1.165) is 12.3 Å². The van der Waals surface area contributed by atoms with Gasteiger partial charge in [0, 0.05) is 6.42 Å². The van der Waals surface area contributed by atoms with Gasteiger partial charge in [-0.15, -0.1) is 12.3 Å². The lowest BCUT2D eigenvalue weighted by atomic mass is 10.2. The van der Waals surface area contributed by atoms with Crippen LogP contribution in [0.4, 0.5) is 23.7 Å². The summed E-state index contributed by atoms with van der Waals surface area (Å²) in [5, 5.41) is 13.0. The number of urea groups is 1. The van der Waals surface area contributed by atoms with Crippen LogP contribution in [0.5, 0.6) is 0 Å². The quantitative estimate of drug-likeness (QED) is 0.738. The molecule has 1 atom stereocenters. The molecule has 3 N–H and O–H groups in total. The molecule has 1 aromatic rings. The number of aliphatic carboxylic acids is 1. The Morgan fingerprint density at radius 1 is 1.43 bits per heavy atom. The fraction of sp³-hybridized carbons (Fsp3) is 0.250. The number of rotatable bonds is 4. The molecule has 6 nitrogen and oxygen atoms in total. The molecule has 0 saturated carbocycles. The van der Waals surface area contributed by atoms with Crippen molar-refractivity contribution in [3.05, 3.63) is 24.0 Å². The lowest BCUT2D eigenvalue weighted by Gasteiger charge is -2.13. The topological polar surface area (TPSA) is 91.3 Å². The Labute approximate surface area is 117 Å². The van der Waals surface area contributed by atoms with Crippen LogP contribution in [0.15, 0.2) is 18.3 Å². The van der Waals surface area contributed by atoms with E-state index in [4.69, 9.17) is 11.5 Å². The van der Waals surface area contributed by atoms with Crippen LogP contribution in [0, 0.1) is 12.3 Å². The minimum Gasteiger partial charge on any atom is -0.480 e. The summed E-state index contributed by atoms with van der Waals surface area (Å²) in [4.78, 5) is 25.4. The fourth-order valence-corrected chi connectivity index (χ4v) is 1.28. The molecule has 0 aliphatic rings. The summed E-state index contributed by atoms with van der Waals surface area (Å²) in [6.07, 6.45) is 0.947. The zero-order valence-corrected chi connectivity index (χ0v) is 10.4. The maximum atomic E-state index is 12.3. The number of carboxylic acid groups (broad SMARTS) is 1. The number of hydrogen-bond acceptors (Lipinski definition) is 3. The van der Waals surface area contributed by atoms with E-state index in [0.29, 0.717) is 6.07 Å². The molecule has 0 radical (unpaired) electrons. The van der Waals surface area contributed by atoms with Crippen molar-refractivity contribution < 1.29 is 27.9 Å². The molecule has 0 saturated heterocycles. The lowest BCUT2D eigenvalue weighted by molar-refractivity contribution is -0.141. The molecule has 0 aromatic carbocycles. The molecular weight excluding hydrogens is 291 g/mol. The molecule has 1 heterocycles. The van der Waals surface area contributed by atoms with Crippen molar-refractivity contribution in [1.29, 1.82) is 0 Å². The van der Waals surface area contributed by atoms with E-state index in [1.807, 2.05) is 0 Å². The number of alkyl halides is 3. The number of carbonyl (C=O) groups excluding carboxylic acids is 1. The summed E-state index contributed by atoms with van der Waals surface area (Å²) in [5.41, 5.74) is -1.13. The molecule has 1 rings (SSSR count). The third kappa shape index (κ3) is 5.02. The number of nitrogens with zero attached hydrogens (tertiary/aromatic N) is 1. The van der Waals surface area contributed by atoms with Crippen molar-refractivity contribution in [2.75, 3.05) is 5.32 Å². The largest absolute Gasteiger partial charge is 0.480 e. The zero-order valence-electron chi connectivity index (χ0n) is 10.4. The van der Waals surface area contributed by atoms with E-state index in [1.165, 1.54) is 0 Å². The van der Waals surface area contributed by atoms with Gasteiger partial charge in [-0.25, -0.2) is 14.6 Å². The molecular formula is C12H10F3N3O3. The van der Waals surface area contributed by atoms with E-state index in [1.54, 1.807) is 0 Å². The summed E-state index contributed by atoms with van der Waals surface area (Å²) < 4.78 is 36.8. The SMILES string of the molecule is C#CCC(NC(=O)Nc1ccc(C(F)(F)F)nc1)C(=O)O. The van der Waals surface area contributed by atoms with Crippen LogP contribution in [-0.4, -0.2) is 28.1 Å². The Balaban J connectivity index is 2.67. The molecule has 21 heavy (non-hydrogen) atoms. The van der Waals surface area contributed by atoms with Crippen LogP contribution in [0.3, 0.4) is 0 Å². The van der Waals surface area contributed by atoms with Gasteiger partial charge in [-0.2, -0.15) is 13.2 Å². The maximum absolute atomic E-state index is 12.3. The average molecular weight is 301 g/mol. The highest BCUT2D eigenvalue weighted by atomic mass is 19.4. The molecule has 1 unspecified atom stereocenters. The van der Waals surface area contributed by atoms with Crippen LogP contribution in [0.1, 0.15) is 12.1 Å². The van der Waals surface area contributed by atoms with E-state index >= 15 is 0 Å². The van der Waals surface area contributed by atoms with Gasteiger partial charge in [0.15, 0.2) is 0 Å². The van der Waals surface area contributed by atoms with Gasteiger partial charge < -0.3 is 15.7 Å². The average Bonchev–Trinajstić information content (AvgIpc) is 2.37. The number of nitrogens with one attached hydrogen (secondary N) is 2. The van der Waals surface area contributed by atoms with E-state index < -0.39 is 29.9 Å². The Morgan fingerprint density at radius 2 is 2.10 bits per heavy atom. The van der Waals surface area contributed by atoms with Gasteiger partial charge in [-0.3, -0.25) is 0 Å². The predicted molar refractivity (Wildman–Crippen MR) is 66.3 cm³/mol. The van der Waals surface area contributed by atoms with Gasteiger partial charge in [-0.05, 0) is 12.1 Å². The summed E-state index contributed by atoms with van der Waals surface area (Å²) in [5.74, 6) is 0.756. The molecule has 112 valence electrons. The number of carboxylic acids is 1. The van der Waals surface area contributed by atoms with Gasteiger partial charge in [-0.1, -0.05) is 0 Å². The molecule has 0 aliphatic carbocycles. The number of pyridine rings is 1. The van der Waals surface area contributed by atoms with Crippen molar-refractivity contribution in [3.63, 3.8) is 0 Å². The van der Waals surface area contributed by atoms with Crippen molar-refractivity contribution in [1.82, 2.24) is 10.3 Å². The molecule has 9 heteroatoms. The second kappa shape index (κ2) is 6.60. The van der Waals surface area contributed by atoms with Gasteiger partial charge in [0.25, 0.3) is 0 Å². The minimum absolute atomic E-state index is 0.0228. The van der Waals surface area contributed by atoms with Crippen molar-refractivity contribution >= 4 is 17.7 Å². The smallest absolute Gasteiger partial charge is 0.433 e. The van der Waals surface area contributed by atoms with Crippen LogP contribution in [0.25, 0.3) is 0 Å². The molecule has 1 aromatic heterocycles. The van der Waals surface area contributed by atoms with E-state index in [-0.39, 0.29) is 12.1 Å². The summed E-state index contributed by atoms with van der Waals surface area (Å²) in [6, 6.07) is -0.533. The van der Waals surface area contributed by atoms with Crippen molar-refractivity contribution in [2.24, 2.45) is 0 Å². The van der Waals surface area contributed by atoms with Crippen LogP contribution >= 0.6 is 0 Å². The molecule has 0 spiro atoms. The number of terminal acetylenes is 1. The number of carbonyl (C=O) groups is 2. The van der Waals surface area contributed by atoms with Gasteiger partial charge >= 0.3 is 18.2 Å². The number of anilines is 1. The van der Waals surface area contributed by atoms with Crippen molar-refractivity contribution in [3.8, 4) is 12.3 Å². The number of hydrogen-bond donors (Lipinski definition) is 3. The predicted octanol–water partition coefficient (Wildman–Crippen LogP) is 1.70. The van der Waals surface area contributed by atoms with Gasteiger partial charge in [0.1, 0.15) is 11.7 Å². The van der Waals surface area contributed by atoms with Crippen LogP contribution in [0.2, 0.25) is 0 Å². The summed E-state index contributed by atoms with van der Waals surface area (Å²) >= 11 is 0. The Morgan fingerprint density at radius 3 is 2.52 bits per heavy atom. The Bertz CT molecular complexity index is 564. The normalized spacial score (nSPS) is 12.1. The molecule has 0 bridgehead atoms. The first-order valence-corrected chi connectivity index (χ1v) is 5.51. The Hall–Kier alpha value is -2.76. The lowest BCUT2D eigenvalue weighted by Crippen LogP contribution is -2.42. The number of halogens is 3. The van der Waals surface area contributed by atoms with Crippen molar-refractivity contribution in [2.45, 2.75) is 18.6 Å². The van der Waals surface area contributed by atoms with E-state index in [2.05, 4.69) is 21.5 Å². The first-order valence-electron chi connectivity index (χ1n) is 5.51. The standard InChI is InChI=1S/C12H10F3N3O3/c1-2-3-8(10(19)20)18-11(21)17-7-4-5-9(16-6-7)12(13,14)15/h1,4-6,8H,3H2,(H,19,20)(H2,17,18,21). The Kier molecular flexibility index (Phi) is 5.12. The third-order valence-corrected chi connectivity index (χ3v) is 2.24. The van der Waals surface area contributed by atoms with E-state index in [9.17, 15) is 22.8 Å². The summed E-state index contributed by atoms with van der Waals surface area (Å²) in [7, 11) is 0. The summed E-state index contributed by atoms with van der Waals surface area (Å²) in [6.45, 7) is 0. The second-order valence-corrected chi connectivity index (χ2v) is 3.83. The third-order valence-electron chi connectivity index (χ3n) is 2.24. The first-order chi connectivity index (χ1) is 9.74. The van der Waals surface area contributed by atoms with Crippen LogP contribution in [-0.2, 0) is 11.0 Å². The highest BCUT2D eigenvalue weighted by molar-refractivity contribution is 5.92. The van der Waals surface area contributed by atoms with Crippen LogP contribution < -0.4 is 10.6 Å². The highest BCUT2D eigenvalue weighted by Crippen LogP contribution is 2.27. The number of amides is 2. The van der Waals surface area contributed by atoms with Gasteiger partial charge in [0.2, 0.25) is 0 Å². The fourth-order valence-electron chi connectivity index (χ4n) is 1.28. The minimum atomic E-state index is -4.58. The van der Waals surface area contributed by atoms with Gasteiger partial charge in [0.05, 0.1) is 11.9 Å². The zero-order chi connectivity index (χ0) is 16.0. The maximum Gasteiger partial charge on any atom is 0.433 e. The highest BCUT2D eigenvalue weighted by Gasteiger charge is 2.32. The monoisotopic (exact) mass is 301 g/mol. The number of aromatic nitrogens is 1. The molecule has 2 amide bonds.